The van der Waals surface area contributed by atoms with Crippen LogP contribution in [0.1, 0.15) is 5.82 Å². The number of benzene rings is 1. The van der Waals surface area contributed by atoms with Gasteiger partial charge in [0, 0.05) is 23.5 Å². The van der Waals surface area contributed by atoms with Gasteiger partial charge in [0.15, 0.2) is 0 Å². The van der Waals surface area contributed by atoms with Gasteiger partial charge in [-0.05, 0) is 42.0 Å². The molecule has 1 aromatic carbocycles. The van der Waals surface area contributed by atoms with Gasteiger partial charge in [0.2, 0.25) is 0 Å². The molecule has 0 atom stereocenters. The van der Waals surface area contributed by atoms with Gasteiger partial charge in [0.25, 0.3) is 0 Å². The first-order chi connectivity index (χ1) is 9.24. The number of fused-ring (bicyclic) bond motifs is 1. The quantitative estimate of drug-likeness (QED) is 0.760. The number of hydrogen-bond acceptors (Lipinski definition) is 5. The molecule has 0 spiro atoms. The molecule has 0 aliphatic rings. The van der Waals surface area contributed by atoms with Crippen molar-refractivity contribution >= 4 is 38.7 Å². The number of aromatic nitrogens is 2. The van der Waals surface area contributed by atoms with Gasteiger partial charge in [-0.3, -0.25) is 0 Å². The van der Waals surface area contributed by atoms with Crippen LogP contribution in [0.5, 0.6) is 0 Å². The van der Waals surface area contributed by atoms with E-state index in [-0.39, 0.29) is 0 Å². The van der Waals surface area contributed by atoms with Crippen LogP contribution in [0.3, 0.4) is 0 Å². The zero-order chi connectivity index (χ0) is 13.2. The van der Waals surface area contributed by atoms with E-state index >= 15 is 0 Å². The third-order valence-corrected chi connectivity index (χ3v) is 3.72. The molecule has 0 fully saturated rings. The lowest BCUT2D eigenvalue weighted by Gasteiger charge is -2.08. The molecule has 19 heavy (non-hydrogen) atoms. The Morgan fingerprint density at radius 2 is 1.89 bits per heavy atom. The van der Waals surface area contributed by atoms with Crippen LogP contribution < -0.4 is 10.6 Å². The Balaban J connectivity index is 1.93. The molecular formula is C14H14N4S. The van der Waals surface area contributed by atoms with Gasteiger partial charge < -0.3 is 10.6 Å². The highest BCUT2D eigenvalue weighted by atomic mass is 32.1. The van der Waals surface area contributed by atoms with Gasteiger partial charge in [-0.2, -0.15) is 0 Å². The Morgan fingerprint density at radius 3 is 2.74 bits per heavy atom. The van der Waals surface area contributed by atoms with E-state index in [0.717, 1.165) is 23.1 Å². The van der Waals surface area contributed by atoms with Crippen LogP contribution in [0.2, 0.25) is 0 Å². The maximum absolute atomic E-state index is 4.39. The van der Waals surface area contributed by atoms with Crippen LogP contribution in [-0.4, -0.2) is 17.0 Å². The summed E-state index contributed by atoms with van der Waals surface area (Å²) >= 11 is 1.75. The van der Waals surface area contributed by atoms with Crippen molar-refractivity contribution in [3.63, 3.8) is 0 Å². The van der Waals surface area contributed by atoms with Crippen molar-refractivity contribution in [2.24, 2.45) is 0 Å². The van der Waals surface area contributed by atoms with Crippen LogP contribution in [0.4, 0.5) is 17.3 Å². The van der Waals surface area contributed by atoms with E-state index in [1.54, 1.807) is 11.3 Å². The Morgan fingerprint density at radius 1 is 1.05 bits per heavy atom. The molecule has 0 aliphatic carbocycles. The normalized spacial score (nSPS) is 10.6. The number of aryl methyl sites for hydroxylation is 1. The van der Waals surface area contributed by atoms with Gasteiger partial charge in [0.05, 0.1) is 0 Å². The van der Waals surface area contributed by atoms with E-state index in [1.807, 2.05) is 20.0 Å². The summed E-state index contributed by atoms with van der Waals surface area (Å²) < 4.78 is 1.29. The van der Waals surface area contributed by atoms with Crippen molar-refractivity contribution in [3.8, 4) is 0 Å². The molecule has 4 nitrogen and oxygen atoms in total. The van der Waals surface area contributed by atoms with E-state index in [4.69, 9.17) is 0 Å². The lowest BCUT2D eigenvalue weighted by molar-refractivity contribution is 1.06. The molecule has 0 radical (unpaired) electrons. The summed E-state index contributed by atoms with van der Waals surface area (Å²) in [6.45, 7) is 1.88. The smallest absolute Gasteiger partial charge is 0.136 e. The third-order valence-electron chi connectivity index (χ3n) is 2.82. The molecule has 2 aromatic heterocycles. The zero-order valence-corrected chi connectivity index (χ0v) is 11.6. The average Bonchev–Trinajstić information content (AvgIpc) is 2.85. The molecule has 3 aromatic rings. The Kier molecular flexibility index (Phi) is 3.05. The molecule has 2 heterocycles. The first-order valence-electron chi connectivity index (χ1n) is 6.02. The van der Waals surface area contributed by atoms with Crippen molar-refractivity contribution in [2.75, 3.05) is 17.7 Å². The minimum absolute atomic E-state index is 0.742. The largest absolute Gasteiger partial charge is 0.373 e. The van der Waals surface area contributed by atoms with Crippen LogP contribution in [0.25, 0.3) is 10.1 Å². The Labute approximate surface area is 115 Å². The summed E-state index contributed by atoms with van der Waals surface area (Å²) in [5.74, 6) is 2.35. The van der Waals surface area contributed by atoms with Crippen molar-refractivity contribution in [1.29, 1.82) is 0 Å². The molecular weight excluding hydrogens is 256 g/mol. The lowest BCUT2D eigenvalue weighted by atomic mass is 10.2. The molecule has 0 amide bonds. The molecule has 0 bridgehead atoms. The van der Waals surface area contributed by atoms with Crippen molar-refractivity contribution in [1.82, 2.24) is 9.97 Å². The van der Waals surface area contributed by atoms with Crippen LogP contribution in [0, 0.1) is 6.92 Å². The maximum atomic E-state index is 4.39. The monoisotopic (exact) mass is 270 g/mol. The summed E-state index contributed by atoms with van der Waals surface area (Å²) in [6, 6.07) is 10.3. The second kappa shape index (κ2) is 4.85. The minimum atomic E-state index is 0.742. The van der Waals surface area contributed by atoms with E-state index in [2.05, 4.69) is 50.2 Å². The Hall–Kier alpha value is -2.14. The average molecular weight is 270 g/mol. The minimum Gasteiger partial charge on any atom is -0.373 e. The van der Waals surface area contributed by atoms with E-state index < -0.39 is 0 Å². The first kappa shape index (κ1) is 11.9. The summed E-state index contributed by atoms with van der Waals surface area (Å²) in [5, 5.41) is 9.69. The van der Waals surface area contributed by atoms with Gasteiger partial charge in [0.1, 0.15) is 17.5 Å². The lowest BCUT2D eigenvalue weighted by Crippen LogP contribution is -2.01. The number of thiophene rings is 1. The second-order valence-corrected chi connectivity index (χ2v) is 5.18. The van der Waals surface area contributed by atoms with Crippen LogP contribution >= 0.6 is 11.3 Å². The third kappa shape index (κ3) is 2.51. The van der Waals surface area contributed by atoms with Crippen molar-refractivity contribution in [3.05, 3.63) is 41.5 Å². The molecule has 0 saturated carbocycles. The van der Waals surface area contributed by atoms with Gasteiger partial charge in [-0.15, -0.1) is 11.3 Å². The molecule has 96 valence electrons. The SMILES string of the molecule is CNc1cc(Nc2ccc3sccc3c2)nc(C)n1. The fraction of sp³-hybridized carbons (Fsp3) is 0.143. The highest BCUT2D eigenvalue weighted by Crippen LogP contribution is 2.25. The second-order valence-electron chi connectivity index (χ2n) is 4.23. The predicted molar refractivity (Wildman–Crippen MR) is 81.4 cm³/mol. The summed E-state index contributed by atoms with van der Waals surface area (Å²) in [6.07, 6.45) is 0. The summed E-state index contributed by atoms with van der Waals surface area (Å²) in [7, 11) is 1.85. The molecule has 0 saturated heterocycles. The van der Waals surface area contributed by atoms with Crippen molar-refractivity contribution in [2.45, 2.75) is 6.92 Å². The number of hydrogen-bond donors (Lipinski definition) is 2. The zero-order valence-electron chi connectivity index (χ0n) is 10.8. The topological polar surface area (TPSA) is 49.8 Å². The highest BCUT2D eigenvalue weighted by Gasteiger charge is 2.02. The Bertz CT molecular complexity index is 720. The number of rotatable bonds is 3. The standard InChI is InChI=1S/C14H14N4S/c1-9-16-13(15-2)8-14(17-9)18-11-3-4-12-10(7-11)5-6-19-12/h3-8H,1-2H3,(H2,15,16,17,18). The number of nitrogens with one attached hydrogen (secondary N) is 2. The number of nitrogens with zero attached hydrogens (tertiary/aromatic N) is 2. The van der Waals surface area contributed by atoms with Gasteiger partial charge in [-0.1, -0.05) is 0 Å². The molecule has 0 aliphatic heterocycles. The van der Waals surface area contributed by atoms with Crippen LogP contribution in [-0.2, 0) is 0 Å². The van der Waals surface area contributed by atoms with Gasteiger partial charge >= 0.3 is 0 Å². The molecule has 2 N–H and O–H groups in total. The molecule has 3 rings (SSSR count). The predicted octanol–water partition coefficient (Wildman–Crippen LogP) is 3.79. The molecule has 0 unspecified atom stereocenters. The summed E-state index contributed by atoms with van der Waals surface area (Å²) in [4.78, 5) is 8.66. The van der Waals surface area contributed by atoms with E-state index in [0.29, 0.717) is 0 Å². The van der Waals surface area contributed by atoms with E-state index in [1.165, 1.54) is 10.1 Å². The first-order valence-corrected chi connectivity index (χ1v) is 6.90. The fourth-order valence-electron chi connectivity index (χ4n) is 1.95. The molecule has 5 heteroatoms. The van der Waals surface area contributed by atoms with E-state index in [9.17, 15) is 0 Å². The van der Waals surface area contributed by atoms with Crippen molar-refractivity contribution < 1.29 is 0 Å². The highest BCUT2D eigenvalue weighted by molar-refractivity contribution is 7.17. The van der Waals surface area contributed by atoms with Crippen LogP contribution in [0.15, 0.2) is 35.7 Å². The number of anilines is 3. The van der Waals surface area contributed by atoms with Gasteiger partial charge in [-0.25, -0.2) is 9.97 Å². The summed E-state index contributed by atoms with van der Waals surface area (Å²) in [5.41, 5.74) is 1.03. The fourth-order valence-corrected chi connectivity index (χ4v) is 2.72. The maximum Gasteiger partial charge on any atom is 0.136 e.